The molecule has 0 aromatic heterocycles. The molecule has 0 unspecified atom stereocenters. The predicted octanol–water partition coefficient (Wildman–Crippen LogP) is 6.03. The van der Waals surface area contributed by atoms with Crippen LogP contribution in [0.25, 0.3) is 0 Å². The van der Waals surface area contributed by atoms with Gasteiger partial charge in [0.1, 0.15) is 0 Å². The van der Waals surface area contributed by atoms with Crippen LogP contribution in [0, 0.1) is 13.8 Å². The van der Waals surface area contributed by atoms with Gasteiger partial charge < -0.3 is 4.90 Å². The van der Waals surface area contributed by atoms with Gasteiger partial charge in [-0.3, -0.25) is 0 Å². The Morgan fingerprint density at radius 1 is 0.870 bits per heavy atom. The predicted molar refractivity (Wildman–Crippen MR) is 101 cm³/mol. The van der Waals surface area contributed by atoms with E-state index in [2.05, 4.69) is 89.9 Å². The molecule has 0 atom stereocenters. The Labute approximate surface area is 141 Å². The van der Waals surface area contributed by atoms with Crippen LogP contribution in [0.1, 0.15) is 56.4 Å². The second-order valence-electron chi connectivity index (χ2n) is 8.45. The van der Waals surface area contributed by atoms with E-state index >= 15 is 0 Å². The molecule has 0 fully saturated rings. The third-order valence-electron chi connectivity index (χ3n) is 5.67. The summed E-state index contributed by atoms with van der Waals surface area (Å²) in [5.41, 5.74) is 8.82. The fraction of sp³-hybridized carbons (Fsp3) is 0.455. The Morgan fingerprint density at radius 2 is 1.52 bits per heavy atom. The molecule has 0 heterocycles. The Bertz CT molecular complexity index is 753. The molecule has 122 valence electrons. The van der Waals surface area contributed by atoms with E-state index in [4.69, 9.17) is 0 Å². The number of anilines is 2. The summed E-state index contributed by atoms with van der Waals surface area (Å²) in [6.45, 7) is 13.9. The topological polar surface area (TPSA) is 3.24 Å². The lowest BCUT2D eigenvalue weighted by Crippen LogP contribution is -2.18. The molecular formula is C22H29N. The monoisotopic (exact) mass is 307 g/mol. The molecular weight excluding hydrogens is 278 g/mol. The summed E-state index contributed by atoms with van der Waals surface area (Å²) in [5, 5.41) is 0. The highest BCUT2D eigenvalue weighted by Gasteiger charge is 2.41. The van der Waals surface area contributed by atoms with Crippen molar-refractivity contribution >= 4 is 11.4 Å². The fourth-order valence-corrected chi connectivity index (χ4v) is 4.42. The molecule has 2 aromatic rings. The van der Waals surface area contributed by atoms with Gasteiger partial charge in [-0.25, -0.2) is 0 Å². The van der Waals surface area contributed by atoms with Crippen molar-refractivity contribution in [1.29, 1.82) is 0 Å². The minimum atomic E-state index is 0.247. The first kappa shape index (κ1) is 16.1. The molecule has 0 aliphatic heterocycles. The molecule has 0 saturated heterocycles. The summed E-state index contributed by atoms with van der Waals surface area (Å²) in [5.74, 6) is 0. The van der Waals surface area contributed by atoms with Crippen LogP contribution < -0.4 is 4.90 Å². The van der Waals surface area contributed by atoms with Crippen molar-refractivity contribution in [2.45, 2.75) is 58.8 Å². The maximum Gasteiger partial charge on any atom is 0.0440 e. The highest BCUT2D eigenvalue weighted by molar-refractivity contribution is 5.68. The number of fused-ring (bicyclic) bond motifs is 1. The second-order valence-corrected chi connectivity index (χ2v) is 8.45. The van der Waals surface area contributed by atoms with Gasteiger partial charge in [-0.05, 0) is 71.6 Å². The molecule has 0 bridgehead atoms. The summed E-state index contributed by atoms with van der Waals surface area (Å²) >= 11 is 0. The van der Waals surface area contributed by atoms with Gasteiger partial charge in [0, 0.05) is 18.4 Å². The zero-order valence-corrected chi connectivity index (χ0v) is 15.6. The van der Waals surface area contributed by atoms with Crippen molar-refractivity contribution in [3.05, 3.63) is 58.7 Å². The highest BCUT2D eigenvalue weighted by atomic mass is 15.1. The normalized spacial score (nSPS) is 17.9. The second kappa shape index (κ2) is 5.12. The van der Waals surface area contributed by atoms with Crippen LogP contribution in [0.2, 0.25) is 0 Å². The Hall–Kier alpha value is -1.76. The average Bonchev–Trinajstić information content (AvgIpc) is 2.66. The first-order valence-electron chi connectivity index (χ1n) is 8.58. The SMILES string of the molecule is Cc1cccc(N(C)c2ccc3c(c2)C(C)(C)CC3(C)C)c1C. The quantitative estimate of drug-likeness (QED) is 0.654. The lowest BCUT2D eigenvalue weighted by atomic mass is 9.82. The molecule has 1 aliphatic carbocycles. The molecule has 0 amide bonds. The lowest BCUT2D eigenvalue weighted by molar-refractivity contribution is 0.403. The van der Waals surface area contributed by atoms with E-state index in [0.29, 0.717) is 0 Å². The molecule has 23 heavy (non-hydrogen) atoms. The fourth-order valence-electron chi connectivity index (χ4n) is 4.42. The first-order chi connectivity index (χ1) is 10.6. The number of benzene rings is 2. The smallest absolute Gasteiger partial charge is 0.0440 e. The molecule has 1 heteroatoms. The van der Waals surface area contributed by atoms with Gasteiger partial charge in [0.25, 0.3) is 0 Å². The van der Waals surface area contributed by atoms with E-state index in [1.165, 1.54) is 40.0 Å². The molecule has 0 spiro atoms. The van der Waals surface area contributed by atoms with Crippen molar-refractivity contribution in [2.24, 2.45) is 0 Å². The van der Waals surface area contributed by atoms with Gasteiger partial charge in [0.2, 0.25) is 0 Å². The van der Waals surface area contributed by atoms with Gasteiger partial charge in [-0.1, -0.05) is 45.9 Å². The van der Waals surface area contributed by atoms with Crippen molar-refractivity contribution in [1.82, 2.24) is 0 Å². The highest BCUT2D eigenvalue weighted by Crippen LogP contribution is 2.50. The van der Waals surface area contributed by atoms with E-state index in [1.54, 1.807) is 0 Å². The molecule has 2 aromatic carbocycles. The molecule has 1 nitrogen and oxygen atoms in total. The lowest BCUT2D eigenvalue weighted by Gasteiger charge is -2.25. The van der Waals surface area contributed by atoms with Gasteiger partial charge >= 0.3 is 0 Å². The van der Waals surface area contributed by atoms with Gasteiger partial charge in [0.05, 0.1) is 0 Å². The number of hydrogen-bond acceptors (Lipinski definition) is 1. The average molecular weight is 307 g/mol. The summed E-state index contributed by atoms with van der Waals surface area (Å²) in [4.78, 5) is 2.32. The van der Waals surface area contributed by atoms with E-state index in [9.17, 15) is 0 Å². The zero-order valence-electron chi connectivity index (χ0n) is 15.6. The van der Waals surface area contributed by atoms with E-state index in [-0.39, 0.29) is 10.8 Å². The largest absolute Gasteiger partial charge is 0.344 e. The van der Waals surface area contributed by atoms with Crippen LogP contribution in [-0.4, -0.2) is 7.05 Å². The van der Waals surface area contributed by atoms with Crippen LogP contribution in [-0.2, 0) is 10.8 Å². The van der Waals surface area contributed by atoms with E-state index in [1.807, 2.05) is 0 Å². The number of hydrogen-bond donors (Lipinski definition) is 0. The Morgan fingerprint density at radius 3 is 2.22 bits per heavy atom. The van der Waals surface area contributed by atoms with Crippen LogP contribution >= 0.6 is 0 Å². The molecule has 3 rings (SSSR count). The van der Waals surface area contributed by atoms with Crippen molar-refractivity contribution in [2.75, 3.05) is 11.9 Å². The third kappa shape index (κ3) is 2.56. The summed E-state index contributed by atoms with van der Waals surface area (Å²) in [6.07, 6.45) is 1.21. The van der Waals surface area contributed by atoms with Crippen LogP contribution in [0.4, 0.5) is 11.4 Å². The Kier molecular flexibility index (Phi) is 3.59. The maximum atomic E-state index is 2.41. The van der Waals surface area contributed by atoms with Gasteiger partial charge in [-0.15, -0.1) is 0 Å². The van der Waals surface area contributed by atoms with Crippen LogP contribution in [0.5, 0.6) is 0 Å². The van der Waals surface area contributed by atoms with Crippen molar-refractivity contribution < 1.29 is 0 Å². The van der Waals surface area contributed by atoms with E-state index < -0.39 is 0 Å². The zero-order chi connectivity index (χ0) is 17.0. The van der Waals surface area contributed by atoms with Crippen LogP contribution in [0.3, 0.4) is 0 Å². The van der Waals surface area contributed by atoms with E-state index in [0.717, 1.165) is 0 Å². The molecule has 0 saturated carbocycles. The van der Waals surface area contributed by atoms with Gasteiger partial charge in [-0.2, -0.15) is 0 Å². The number of rotatable bonds is 2. The summed E-state index contributed by atoms with van der Waals surface area (Å²) in [7, 11) is 2.18. The molecule has 1 aliphatic rings. The van der Waals surface area contributed by atoms with Crippen molar-refractivity contribution in [3.8, 4) is 0 Å². The van der Waals surface area contributed by atoms with Gasteiger partial charge in [0.15, 0.2) is 0 Å². The number of nitrogens with zero attached hydrogens (tertiary/aromatic N) is 1. The molecule has 0 radical (unpaired) electrons. The third-order valence-corrected chi connectivity index (χ3v) is 5.67. The summed E-state index contributed by atoms with van der Waals surface area (Å²) in [6, 6.07) is 13.6. The first-order valence-corrected chi connectivity index (χ1v) is 8.58. The standard InChI is InChI=1S/C22H29N/c1-15-9-8-10-20(16(15)2)23(7)17-11-12-18-19(13-17)22(5,6)14-21(18,3)4/h8-13H,14H2,1-7H3. The maximum absolute atomic E-state index is 2.41. The van der Waals surface area contributed by atoms with Crippen LogP contribution in [0.15, 0.2) is 36.4 Å². The summed E-state index contributed by atoms with van der Waals surface area (Å²) < 4.78 is 0. The number of aryl methyl sites for hydroxylation is 1. The minimum absolute atomic E-state index is 0.247. The molecule has 0 N–H and O–H groups in total. The van der Waals surface area contributed by atoms with Crippen molar-refractivity contribution in [3.63, 3.8) is 0 Å². The minimum Gasteiger partial charge on any atom is -0.344 e. The Balaban J connectivity index is 2.08.